The second-order valence-electron chi connectivity index (χ2n) is 8.92. The average Bonchev–Trinajstić information content (AvgIpc) is 2.26. The summed E-state index contributed by atoms with van der Waals surface area (Å²) in [7, 11) is 5.17. The molecule has 0 nitrogen and oxygen atoms in total. The Bertz CT molecular complexity index is 304. The van der Waals surface area contributed by atoms with Gasteiger partial charge in [-0.1, -0.05) is 32.4 Å². The standard InChI is InChI=1S/C16H30B2/c1-4-15(2,3)16(17,18)14-12-6-10-5-11(8-12)9-13(14)7-10/h10-14H,4-9,17-18H2,1-3H3. The Morgan fingerprint density at radius 3 is 1.72 bits per heavy atom. The summed E-state index contributed by atoms with van der Waals surface area (Å²) in [5.41, 5.74) is 0.493. The molecule has 0 aliphatic heterocycles. The Labute approximate surface area is 115 Å². The summed E-state index contributed by atoms with van der Waals surface area (Å²) < 4.78 is 0. The maximum Gasteiger partial charge on any atom is 0.100 e. The number of rotatable bonds is 3. The Morgan fingerprint density at radius 1 is 0.889 bits per heavy atom. The Hall–Kier alpha value is 0.130. The zero-order valence-corrected chi connectivity index (χ0v) is 13.1. The van der Waals surface area contributed by atoms with Crippen molar-refractivity contribution in [2.24, 2.45) is 35.0 Å². The fourth-order valence-electron chi connectivity index (χ4n) is 6.01. The molecule has 0 heterocycles. The molecule has 0 saturated heterocycles. The minimum absolute atomic E-state index is 0.493. The molecule has 18 heavy (non-hydrogen) atoms. The molecule has 4 aliphatic carbocycles. The molecule has 0 aromatic rings. The van der Waals surface area contributed by atoms with E-state index in [0.717, 1.165) is 29.6 Å². The van der Waals surface area contributed by atoms with Gasteiger partial charge in [-0.05, 0) is 67.1 Å². The van der Waals surface area contributed by atoms with Crippen molar-refractivity contribution in [2.45, 2.75) is 64.5 Å². The van der Waals surface area contributed by atoms with Crippen LogP contribution in [0, 0.1) is 35.0 Å². The Morgan fingerprint density at radius 2 is 1.33 bits per heavy atom. The van der Waals surface area contributed by atoms with Crippen molar-refractivity contribution < 1.29 is 0 Å². The monoisotopic (exact) mass is 244 g/mol. The molecule has 0 amide bonds. The van der Waals surface area contributed by atoms with Crippen molar-refractivity contribution in [3.63, 3.8) is 0 Å². The second kappa shape index (κ2) is 4.06. The summed E-state index contributed by atoms with van der Waals surface area (Å²) in [5, 5.41) is 0.518. The van der Waals surface area contributed by atoms with Crippen molar-refractivity contribution >= 4 is 15.7 Å². The highest BCUT2D eigenvalue weighted by molar-refractivity contribution is 6.40. The lowest BCUT2D eigenvalue weighted by molar-refractivity contribution is -0.0607. The fourth-order valence-corrected chi connectivity index (χ4v) is 6.01. The van der Waals surface area contributed by atoms with E-state index in [4.69, 9.17) is 0 Å². The summed E-state index contributed by atoms with van der Waals surface area (Å²) in [6, 6.07) is 0. The molecule has 0 N–H and O–H groups in total. The van der Waals surface area contributed by atoms with Crippen LogP contribution < -0.4 is 0 Å². The lowest BCUT2D eigenvalue weighted by Crippen LogP contribution is -2.53. The number of hydrogen-bond donors (Lipinski definition) is 0. The first kappa shape index (κ1) is 13.1. The van der Waals surface area contributed by atoms with Crippen LogP contribution in [-0.4, -0.2) is 15.7 Å². The van der Waals surface area contributed by atoms with E-state index in [9.17, 15) is 0 Å². The van der Waals surface area contributed by atoms with Gasteiger partial charge in [-0.15, -0.1) is 0 Å². The topological polar surface area (TPSA) is 0 Å². The van der Waals surface area contributed by atoms with Crippen LogP contribution in [-0.2, 0) is 0 Å². The third kappa shape index (κ3) is 1.74. The average molecular weight is 244 g/mol. The smallest absolute Gasteiger partial charge is 0.0764 e. The molecule has 0 radical (unpaired) electrons. The van der Waals surface area contributed by atoms with Crippen LogP contribution in [0.3, 0.4) is 0 Å². The van der Waals surface area contributed by atoms with Gasteiger partial charge in [0.15, 0.2) is 0 Å². The van der Waals surface area contributed by atoms with Gasteiger partial charge >= 0.3 is 0 Å². The maximum absolute atomic E-state index is 2.59. The predicted octanol–water partition coefficient (Wildman–Crippen LogP) is 2.88. The van der Waals surface area contributed by atoms with Gasteiger partial charge in [-0.3, -0.25) is 0 Å². The van der Waals surface area contributed by atoms with Gasteiger partial charge in [0.25, 0.3) is 0 Å². The van der Waals surface area contributed by atoms with Gasteiger partial charge < -0.3 is 0 Å². The summed E-state index contributed by atoms with van der Waals surface area (Å²) in [4.78, 5) is 0. The Kier molecular flexibility index (Phi) is 2.96. The van der Waals surface area contributed by atoms with E-state index in [-0.39, 0.29) is 0 Å². The molecule has 0 spiro atoms. The molecule has 4 bridgehead atoms. The van der Waals surface area contributed by atoms with Crippen LogP contribution in [0.5, 0.6) is 0 Å². The normalized spacial score (nSPS) is 43.4. The van der Waals surface area contributed by atoms with Gasteiger partial charge in [0.05, 0.1) is 0 Å². The molecule has 0 unspecified atom stereocenters. The van der Waals surface area contributed by atoms with E-state index in [1.807, 2.05) is 0 Å². The fraction of sp³-hybridized carbons (Fsp3) is 1.00. The minimum Gasteiger partial charge on any atom is -0.0764 e. The van der Waals surface area contributed by atoms with Crippen LogP contribution in [0.15, 0.2) is 0 Å². The van der Waals surface area contributed by atoms with Crippen LogP contribution in [0.4, 0.5) is 0 Å². The summed E-state index contributed by atoms with van der Waals surface area (Å²) in [6.07, 6.45) is 9.18. The summed E-state index contributed by atoms with van der Waals surface area (Å²) >= 11 is 0. The van der Waals surface area contributed by atoms with E-state index >= 15 is 0 Å². The first-order valence-corrected chi connectivity index (χ1v) is 8.35. The highest BCUT2D eigenvalue weighted by Gasteiger charge is 2.55. The zero-order valence-electron chi connectivity index (χ0n) is 13.1. The lowest BCUT2D eigenvalue weighted by Gasteiger charge is -2.62. The van der Waals surface area contributed by atoms with E-state index in [1.54, 1.807) is 32.1 Å². The highest BCUT2D eigenvalue weighted by Crippen LogP contribution is 2.65. The van der Waals surface area contributed by atoms with E-state index in [1.165, 1.54) is 6.42 Å². The molecule has 0 aromatic carbocycles. The summed E-state index contributed by atoms with van der Waals surface area (Å²) in [5.74, 6) is 5.39. The molecule has 4 saturated carbocycles. The molecule has 0 aromatic heterocycles. The summed E-state index contributed by atoms with van der Waals surface area (Å²) in [6.45, 7) is 7.41. The molecule has 100 valence electrons. The molecular weight excluding hydrogens is 214 g/mol. The highest BCUT2D eigenvalue weighted by atomic mass is 14.6. The molecule has 2 heteroatoms. The first-order chi connectivity index (χ1) is 8.35. The third-order valence-electron chi connectivity index (χ3n) is 7.69. The van der Waals surface area contributed by atoms with E-state index in [2.05, 4.69) is 36.5 Å². The molecule has 4 fully saturated rings. The minimum atomic E-state index is 0.493. The van der Waals surface area contributed by atoms with Crippen molar-refractivity contribution in [3.05, 3.63) is 0 Å². The van der Waals surface area contributed by atoms with E-state index in [0.29, 0.717) is 10.6 Å². The quantitative estimate of drug-likeness (QED) is 0.669. The van der Waals surface area contributed by atoms with Crippen LogP contribution in [0.1, 0.15) is 59.3 Å². The van der Waals surface area contributed by atoms with Crippen LogP contribution in [0.25, 0.3) is 0 Å². The van der Waals surface area contributed by atoms with Gasteiger partial charge in [0.2, 0.25) is 0 Å². The van der Waals surface area contributed by atoms with Crippen LogP contribution >= 0.6 is 0 Å². The lowest BCUT2D eigenvalue weighted by atomic mass is 9.31. The Balaban J connectivity index is 1.88. The molecule has 4 rings (SSSR count). The zero-order chi connectivity index (χ0) is 13.1. The van der Waals surface area contributed by atoms with Crippen molar-refractivity contribution in [1.82, 2.24) is 0 Å². The first-order valence-electron chi connectivity index (χ1n) is 8.35. The third-order valence-corrected chi connectivity index (χ3v) is 7.69. The maximum atomic E-state index is 2.59. The van der Waals surface area contributed by atoms with Crippen molar-refractivity contribution in [2.75, 3.05) is 0 Å². The second-order valence-corrected chi connectivity index (χ2v) is 8.92. The van der Waals surface area contributed by atoms with Gasteiger partial charge in [0, 0.05) is 0 Å². The van der Waals surface area contributed by atoms with Crippen LogP contribution in [0.2, 0.25) is 5.21 Å². The van der Waals surface area contributed by atoms with E-state index < -0.39 is 0 Å². The van der Waals surface area contributed by atoms with Gasteiger partial charge in [0.1, 0.15) is 15.7 Å². The molecule has 4 aliphatic rings. The largest absolute Gasteiger partial charge is 0.100 e. The number of hydrogen-bond acceptors (Lipinski definition) is 0. The van der Waals surface area contributed by atoms with Gasteiger partial charge in [-0.25, -0.2) is 0 Å². The SMILES string of the molecule is BC(B)(C1C2CC3CC(C2)CC1C3)C(C)(C)CC. The predicted molar refractivity (Wildman–Crippen MR) is 84.4 cm³/mol. The molecular formula is C16H30B2. The van der Waals surface area contributed by atoms with Crippen molar-refractivity contribution in [3.8, 4) is 0 Å². The molecule has 0 atom stereocenters. The van der Waals surface area contributed by atoms with Gasteiger partial charge in [-0.2, -0.15) is 0 Å². The van der Waals surface area contributed by atoms with Crippen molar-refractivity contribution in [1.29, 1.82) is 0 Å².